The Morgan fingerprint density at radius 1 is 1.10 bits per heavy atom. The molecule has 0 aromatic carbocycles. The van der Waals surface area contributed by atoms with Crippen LogP contribution in [0.1, 0.15) is 32.1 Å². The molecule has 2 aliphatic carbocycles. The number of carbonyl (C=O) groups excluding carboxylic acids is 1. The van der Waals surface area contributed by atoms with Gasteiger partial charge in [0.25, 0.3) is 0 Å². The lowest BCUT2D eigenvalue weighted by Gasteiger charge is -2.34. The maximum Gasteiger partial charge on any atom is 0.317 e. The van der Waals surface area contributed by atoms with Crippen molar-refractivity contribution >= 4 is 12.0 Å². The zero-order valence-corrected chi connectivity index (χ0v) is 11.6. The summed E-state index contributed by atoms with van der Waals surface area (Å²) in [5.74, 6) is -0.567. The number of likely N-dealkylation sites (tertiary alicyclic amines) is 1. The van der Waals surface area contributed by atoms with E-state index in [2.05, 4.69) is 5.32 Å². The number of nitrogens with zero attached hydrogens (tertiary/aromatic N) is 1. The molecule has 2 saturated carbocycles. The molecule has 0 spiro atoms. The van der Waals surface area contributed by atoms with Gasteiger partial charge in [0.05, 0.1) is 5.92 Å². The van der Waals surface area contributed by atoms with Gasteiger partial charge in [-0.15, -0.1) is 0 Å². The standard InChI is InChI=1S/C14H23N3O3/c15-10-3-5-17(6-4-10)14(20)16-12-9-2-1-8(7-9)11(12)13(18)19/h8-12H,1-7,15H2,(H,16,20)(H,18,19). The molecule has 2 amide bonds. The molecular weight excluding hydrogens is 258 g/mol. The number of rotatable bonds is 2. The summed E-state index contributed by atoms with van der Waals surface area (Å²) in [5.41, 5.74) is 5.84. The minimum atomic E-state index is -0.761. The van der Waals surface area contributed by atoms with E-state index in [0.717, 1.165) is 32.1 Å². The molecule has 112 valence electrons. The summed E-state index contributed by atoms with van der Waals surface area (Å²) in [7, 11) is 0. The summed E-state index contributed by atoms with van der Waals surface area (Å²) < 4.78 is 0. The lowest BCUT2D eigenvalue weighted by Crippen LogP contribution is -2.53. The Bertz CT molecular complexity index is 406. The third kappa shape index (κ3) is 2.37. The Hall–Kier alpha value is -1.30. The molecule has 0 aromatic rings. The van der Waals surface area contributed by atoms with Gasteiger partial charge in [0.15, 0.2) is 0 Å². The smallest absolute Gasteiger partial charge is 0.317 e. The molecule has 4 unspecified atom stereocenters. The number of carboxylic acids is 1. The average Bonchev–Trinajstić information content (AvgIpc) is 3.00. The number of carbonyl (C=O) groups is 2. The predicted molar refractivity (Wildman–Crippen MR) is 73.1 cm³/mol. The molecule has 1 aliphatic heterocycles. The first-order valence-corrected chi connectivity index (χ1v) is 7.60. The molecule has 3 fully saturated rings. The van der Waals surface area contributed by atoms with Crippen molar-refractivity contribution in [3.63, 3.8) is 0 Å². The lowest BCUT2D eigenvalue weighted by atomic mass is 9.84. The van der Waals surface area contributed by atoms with E-state index in [0.29, 0.717) is 19.0 Å². The Morgan fingerprint density at radius 2 is 1.75 bits per heavy atom. The number of hydrogen-bond acceptors (Lipinski definition) is 3. The lowest BCUT2D eigenvalue weighted by molar-refractivity contribution is -0.144. The van der Waals surface area contributed by atoms with Gasteiger partial charge in [0, 0.05) is 25.2 Å². The number of aliphatic carboxylic acids is 1. The van der Waals surface area contributed by atoms with Crippen molar-refractivity contribution in [1.82, 2.24) is 10.2 Å². The van der Waals surface area contributed by atoms with Gasteiger partial charge in [-0.25, -0.2) is 4.79 Å². The number of hydrogen-bond donors (Lipinski definition) is 3. The highest BCUT2D eigenvalue weighted by molar-refractivity contribution is 5.77. The maximum atomic E-state index is 12.3. The van der Waals surface area contributed by atoms with Gasteiger partial charge < -0.3 is 21.1 Å². The zero-order chi connectivity index (χ0) is 14.3. The van der Waals surface area contributed by atoms with Crippen LogP contribution in [0.2, 0.25) is 0 Å². The van der Waals surface area contributed by atoms with Gasteiger partial charge >= 0.3 is 12.0 Å². The molecule has 1 heterocycles. The van der Waals surface area contributed by atoms with Gasteiger partial charge in [-0.05, 0) is 43.9 Å². The summed E-state index contributed by atoms with van der Waals surface area (Å²) in [4.78, 5) is 25.5. The molecule has 3 aliphatic rings. The number of fused-ring (bicyclic) bond motifs is 2. The van der Waals surface area contributed by atoms with E-state index in [9.17, 15) is 14.7 Å². The fourth-order valence-electron chi connectivity index (χ4n) is 4.19. The van der Waals surface area contributed by atoms with Crippen molar-refractivity contribution in [3.8, 4) is 0 Å². The van der Waals surface area contributed by atoms with Crippen molar-refractivity contribution in [1.29, 1.82) is 0 Å². The van der Waals surface area contributed by atoms with E-state index < -0.39 is 11.9 Å². The minimum Gasteiger partial charge on any atom is -0.481 e. The number of urea groups is 1. The van der Waals surface area contributed by atoms with E-state index in [4.69, 9.17) is 5.73 Å². The second-order valence-electron chi connectivity index (χ2n) is 6.50. The van der Waals surface area contributed by atoms with E-state index in [1.807, 2.05) is 0 Å². The van der Waals surface area contributed by atoms with E-state index >= 15 is 0 Å². The van der Waals surface area contributed by atoms with Crippen LogP contribution >= 0.6 is 0 Å². The van der Waals surface area contributed by atoms with Crippen molar-refractivity contribution in [3.05, 3.63) is 0 Å². The Kier molecular flexibility index (Phi) is 3.58. The molecule has 4 atom stereocenters. The summed E-state index contributed by atoms with van der Waals surface area (Å²) in [6.07, 6.45) is 4.64. The highest BCUT2D eigenvalue weighted by Crippen LogP contribution is 2.48. The number of amides is 2. The highest BCUT2D eigenvalue weighted by Gasteiger charge is 2.51. The van der Waals surface area contributed by atoms with Gasteiger partial charge in [-0.1, -0.05) is 0 Å². The summed E-state index contributed by atoms with van der Waals surface area (Å²) in [6, 6.07) is -0.108. The minimum absolute atomic E-state index is 0.110. The second-order valence-corrected chi connectivity index (χ2v) is 6.50. The quantitative estimate of drug-likeness (QED) is 0.691. The molecule has 2 bridgehead atoms. The predicted octanol–water partition coefficient (Wildman–Crippen LogP) is 0.618. The van der Waals surface area contributed by atoms with E-state index in [1.54, 1.807) is 4.90 Å². The fraction of sp³-hybridized carbons (Fsp3) is 0.857. The fourth-order valence-corrected chi connectivity index (χ4v) is 4.19. The molecule has 1 saturated heterocycles. The third-order valence-corrected chi connectivity index (χ3v) is 5.32. The molecule has 6 nitrogen and oxygen atoms in total. The van der Waals surface area contributed by atoms with E-state index in [1.165, 1.54) is 0 Å². The van der Waals surface area contributed by atoms with Crippen molar-refractivity contribution in [2.45, 2.75) is 44.2 Å². The molecule has 3 rings (SSSR count). The maximum absolute atomic E-state index is 12.3. The summed E-state index contributed by atoms with van der Waals surface area (Å²) in [6.45, 7) is 1.34. The first-order chi connectivity index (χ1) is 9.56. The van der Waals surface area contributed by atoms with Crippen LogP contribution in [0.25, 0.3) is 0 Å². The summed E-state index contributed by atoms with van der Waals surface area (Å²) in [5, 5.41) is 12.4. The third-order valence-electron chi connectivity index (χ3n) is 5.32. The molecule has 20 heavy (non-hydrogen) atoms. The number of nitrogens with two attached hydrogens (primary N) is 1. The van der Waals surface area contributed by atoms with Gasteiger partial charge in [-0.3, -0.25) is 4.79 Å². The largest absolute Gasteiger partial charge is 0.481 e. The van der Waals surface area contributed by atoms with Gasteiger partial charge in [0.2, 0.25) is 0 Å². The van der Waals surface area contributed by atoms with Crippen LogP contribution in [-0.2, 0) is 4.79 Å². The molecule has 4 N–H and O–H groups in total. The Balaban J connectivity index is 1.62. The van der Waals surface area contributed by atoms with Crippen molar-refractivity contribution in [2.75, 3.05) is 13.1 Å². The van der Waals surface area contributed by atoms with Crippen LogP contribution in [-0.4, -0.2) is 47.2 Å². The monoisotopic (exact) mass is 281 g/mol. The van der Waals surface area contributed by atoms with E-state index in [-0.39, 0.29) is 24.0 Å². The topological polar surface area (TPSA) is 95.7 Å². The van der Waals surface area contributed by atoms with Crippen molar-refractivity contribution in [2.24, 2.45) is 23.5 Å². The number of carboxylic acid groups (broad SMARTS) is 1. The SMILES string of the molecule is NC1CCN(C(=O)NC2C3CCC(C3)C2C(=O)O)CC1. The van der Waals surface area contributed by atoms with Crippen molar-refractivity contribution < 1.29 is 14.7 Å². The van der Waals surface area contributed by atoms with Crippen LogP contribution < -0.4 is 11.1 Å². The summed E-state index contributed by atoms with van der Waals surface area (Å²) >= 11 is 0. The van der Waals surface area contributed by atoms with Crippen LogP contribution in [0, 0.1) is 17.8 Å². The van der Waals surface area contributed by atoms with Crippen LogP contribution in [0.5, 0.6) is 0 Å². The molecule has 6 heteroatoms. The first-order valence-electron chi connectivity index (χ1n) is 7.60. The highest BCUT2D eigenvalue weighted by atomic mass is 16.4. The second kappa shape index (κ2) is 5.24. The number of nitrogens with one attached hydrogen (secondary N) is 1. The van der Waals surface area contributed by atoms with Crippen LogP contribution in [0.3, 0.4) is 0 Å². The van der Waals surface area contributed by atoms with Gasteiger partial charge in [-0.2, -0.15) is 0 Å². The Morgan fingerprint density at radius 3 is 2.40 bits per heavy atom. The average molecular weight is 281 g/mol. The van der Waals surface area contributed by atoms with Crippen LogP contribution in [0.15, 0.2) is 0 Å². The Labute approximate surface area is 118 Å². The first kappa shape index (κ1) is 13.7. The van der Waals surface area contributed by atoms with Crippen LogP contribution in [0.4, 0.5) is 4.79 Å². The number of piperidine rings is 1. The normalized spacial score (nSPS) is 37.1. The molecule has 0 aromatic heterocycles. The zero-order valence-electron chi connectivity index (χ0n) is 11.6. The van der Waals surface area contributed by atoms with Gasteiger partial charge in [0.1, 0.15) is 0 Å². The molecule has 0 radical (unpaired) electrons. The molecular formula is C14H23N3O3.